The molecule has 0 bridgehead atoms. The number of rotatable bonds is 4. The Bertz CT molecular complexity index is 1080. The number of hydrogen-bond acceptors (Lipinski definition) is 4. The number of H-pyrrole nitrogens is 1. The van der Waals surface area contributed by atoms with Crippen molar-refractivity contribution in [3.8, 4) is 0 Å². The van der Waals surface area contributed by atoms with Crippen molar-refractivity contribution in [3.05, 3.63) is 82.4 Å². The molecule has 1 N–H and O–H groups in total. The van der Waals surface area contributed by atoms with Gasteiger partial charge in [-0.2, -0.15) is 5.10 Å². The van der Waals surface area contributed by atoms with E-state index in [0.29, 0.717) is 35.9 Å². The molecule has 1 saturated heterocycles. The van der Waals surface area contributed by atoms with Gasteiger partial charge in [0.15, 0.2) is 5.66 Å². The van der Waals surface area contributed by atoms with Crippen molar-refractivity contribution >= 4 is 23.4 Å². The van der Waals surface area contributed by atoms with Crippen molar-refractivity contribution in [3.63, 3.8) is 0 Å². The molecule has 146 valence electrons. The van der Waals surface area contributed by atoms with Crippen LogP contribution >= 0.6 is 11.6 Å². The molecule has 29 heavy (non-hydrogen) atoms. The van der Waals surface area contributed by atoms with Crippen LogP contribution in [0.25, 0.3) is 0 Å². The number of aryl methyl sites for hydroxylation is 1. The number of carbonyl (C=O) groups excluding carboxylic acids is 2. The van der Waals surface area contributed by atoms with Gasteiger partial charge in [-0.15, -0.1) is 0 Å². The lowest BCUT2D eigenvalue weighted by Gasteiger charge is -2.40. The summed E-state index contributed by atoms with van der Waals surface area (Å²) in [7, 11) is 0. The maximum Gasteiger partial charge on any atom is 0.256 e. The molecule has 1 fully saturated rings. The molecule has 1 unspecified atom stereocenters. The van der Waals surface area contributed by atoms with Gasteiger partial charge in [-0.3, -0.25) is 14.7 Å². The van der Waals surface area contributed by atoms with E-state index in [9.17, 15) is 9.59 Å². The van der Waals surface area contributed by atoms with Gasteiger partial charge in [0.25, 0.3) is 5.91 Å². The third kappa shape index (κ3) is 2.57. The summed E-state index contributed by atoms with van der Waals surface area (Å²) >= 11 is 6.12. The van der Waals surface area contributed by atoms with Crippen LogP contribution in [0, 0.1) is 0 Å². The first-order chi connectivity index (χ1) is 14.1. The zero-order valence-electron chi connectivity index (χ0n) is 15.5. The summed E-state index contributed by atoms with van der Waals surface area (Å²) in [5.74, 6) is 0.572. The Morgan fingerprint density at radius 2 is 1.93 bits per heavy atom. The van der Waals surface area contributed by atoms with E-state index in [1.54, 1.807) is 17.0 Å². The fraction of sp³-hybridized carbons (Fsp3) is 0.238. The summed E-state index contributed by atoms with van der Waals surface area (Å²) in [6, 6.07) is 14.9. The predicted molar refractivity (Wildman–Crippen MR) is 106 cm³/mol. The van der Waals surface area contributed by atoms with Crippen molar-refractivity contribution in [2.75, 3.05) is 13.1 Å². The lowest BCUT2D eigenvalue weighted by atomic mass is 9.89. The molecule has 1 aromatic heterocycles. The van der Waals surface area contributed by atoms with E-state index in [2.05, 4.69) is 15.2 Å². The van der Waals surface area contributed by atoms with E-state index in [-0.39, 0.29) is 18.2 Å². The van der Waals surface area contributed by atoms with E-state index in [4.69, 9.17) is 11.6 Å². The van der Waals surface area contributed by atoms with E-state index < -0.39 is 5.66 Å². The Balaban J connectivity index is 1.61. The quantitative estimate of drug-likeness (QED) is 0.720. The highest BCUT2D eigenvalue weighted by Crippen LogP contribution is 2.49. The van der Waals surface area contributed by atoms with Gasteiger partial charge in [-0.1, -0.05) is 41.9 Å². The Kier molecular flexibility index (Phi) is 4.13. The summed E-state index contributed by atoms with van der Waals surface area (Å²) < 4.78 is 0. The second-order valence-electron chi connectivity index (χ2n) is 7.16. The van der Waals surface area contributed by atoms with Crippen molar-refractivity contribution in [1.82, 2.24) is 25.0 Å². The molecule has 2 aliphatic heterocycles. The number of nitrogens with one attached hydrogen (secondary N) is 1. The number of hydrogen-bond donors (Lipinski definition) is 1. The molecular weight excluding hydrogens is 390 g/mol. The number of fused-ring (bicyclic) bond motifs is 3. The predicted octanol–water partition coefficient (Wildman–Crippen LogP) is 2.59. The molecule has 3 aromatic rings. The Morgan fingerprint density at radius 3 is 2.69 bits per heavy atom. The second kappa shape index (κ2) is 6.70. The standard InChI is InChI=1S/C21H18ClN5O2/c22-15-7-5-14(6-8-15)21-17-4-2-1-3-16(17)20(29)27(21)12-11-26(21)19(28)10-9-18-23-13-24-25-18/h1-8,13H,9-12H2,(H,23,24,25). The van der Waals surface area contributed by atoms with Crippen LogP contribution in [-0.2, 0) is 16.9 Å². The fourth-order valence-corrected chi connectivity index (χ4v) is 4.62. The number of halogens is 1. The fourth-order valence-electron chi connectivity index (χ4n) is 4.49. The average Bonchev–Trinajstić information content (AvgIpc) is 3.44. The molecule has 1 atom stereocenters. The minimum atomic E-state index is -0.948. The zero-order valence-corrected chi connectivity index (χ0v) is 16.3. The van der Waals surface area contributed by atoms with Gasteiger partial charge in [0, 0.05) is 47.6 Å². The highest BCUT2D eigenvalue weighted by Gasteiger charge is 2.59. The summed E-state index contributed by atoms with van der Waals surface area (Å²) in [5.41, 5.74) is 1.37. The van der Waals surface area contributed by atoms with Crippen molar-refractivity contribution in [1.29, 1.82) is 0 Å². The number of aromatic amines is 1. The first-order valence-corrected chi connectivity index (χ1v) is 9.82. The van der Waals surface area contributed by atoms with Crippen LogP contribution in [0.5, 0.6) is 0 Å². The number of aromatic nitrogens is 3. The molecule has 7 nitrogen and oxygen atoms in total. The van der Waals surface area contributed by atoms with E-state index in [0.717, 1.165) is 11.1 Å². The smallest absolute Gasteiger partial charge is 0.256 e. The maximum atomic E-state index is 13.3. The van der Waals surface area contributed by atoms with Crippen LogP contribution < -0.4 is 0 Å². The van der Waals surface area contributed by atoms with E-state index in [1.807, 2.05) is 41.3 Å². The van der Waals surface area contributed by atoms with Crippen LogP contribution in [0.15, 0.2) is 54.9 Å². The SMILES string of the molecule is O=C(CCc1ncn[nH]1)N1CCN2C(=O)c3ccccc3C12c1ccc(Cl)cc1. The van der Waals surface area contributed by atoms with Gasteiger partial charge >= 0.3 is 0 Å². The Hall–Kier alpha value is -3.19. The Morgan fingerprint density at radius 1 is 1.14 bits per heavy atom. The van der Waals surface area contributed by atoms with Gasteiger partial charge in [0.1, 0.15) is 12.2 Å². The maximum absolute atomic E-state index is 13.3. The van der Waals surface area contributed by atoms with Crippen molar-refractivity contribution in [2.45, 2.75) is 18.5 Å². The van der Waals surface area contributed by atoms with E-state index >= 15 is 0 Å². The molecule has 2 amide bonds. The molecule has 2 aromatic carbocycles. The third-order valence-corrected chi connectivity index (χ3v) is 5.95. The van der Waals surface area contributed by atoms with Crippen LogP contribution in [0.2, 0.25) is 5.02 Å². The topological polar surface area (TPSA) is 82.2 Å². The second-order valence-corrected chi connectivity index (χ2v) is 7.60. The van der Waals surface area contributed by atoms with Gasteiger partial charge < -0.3 is 9.80 Å². The third-order valence-electron chi connectivity index (χ3n) is 5.70. The zero-order chi connectivity index (χ0) is 20.0. The molecule has 0 spiro atoms. The number of carbonyl (C=O) groups is 2. The molecule has 2 aliphatic rings. The number of nitrogens with zero attached hydrogens (tertiary/aromatic N) is 4. The molecule has 8 heteroatoms. The van der Waals surface area contributed by atoms with Crippen molar-refractivity contribution in [2.24, 2.45) is 0 Å². The van der Waals surface area contributed by atoms with Gasteiger partial charge in [0.2, 0.25) is 5.91 Å². The largest absolute Gasteiger partial charge is 0.310 e. The normalized spacial score (nSPS) is 20.1. The lowest BCUT2D eigenvalue weighted by Crippen LogP contribution is -2.51. The van der Waals surface area contributed by atoms with Gasteiger partial charge in [-0.25, -0.2) is 4.98 Å². The Labute approximate surface area is 172 Å². The molecule has 5 rings (SSSR count). The van der Waals surface area contributed by atoms with E-state index in [1.165, 1.54) is 6.33 Å². The summed E-state index contributed by atoms with van der Waals surface area (Å²) in [4.78, 5) is 34.2. The van der Waals surface area contributed by atoms with Crippen LogP contribution in [-0.4, -0.2) is 49.9 Å². The van der Waals surface area contributed by atoms with Gasteiger partial charge in [-0.05, 0) is 18.2 Å². The minimum absolute atomic E-state index is 0.0386. The summed E-state index contributed by atoms with van der Waals surface area (Å²) in [5, 5.41) is 7.23. The molecule has 0 radical (unpaired) electrons. The van der Waals surface area contributed by atoms with Crippen LogP contribution in [0.4, 0.5) is 0 Å². The van der Waals surface area contributed by atoms with Gasteiger partial charge in [0.05, 0.1) is 0 Å². The average molecular weight is 408 g/mol. The molecular formula is C21H18ClN5O2. The molecule has 0 aliphatic carbocycles. The highest BCUT2D eigenvalue weighted by atomic mass is 35.5. The number of benzene rings is 2. The monoisotopic (exact) mass is 407 g/mol. The molecule has 0 saturated carbocycles. The molecule has 3 heterocycles. The first-order valence-electron chi connectivity index (χ1n) is 9.44. The van der Waals surface area contributed by atoms with Crippen LogP contribution in [0.1, 0.15) is 33.7 Å². The minimum Gasteiger partial charge on any atom is -0.310 e. The highest BCUT2D eigenvalue weighted by molar-refractivity contribution is 6.30. The summed E-state index contributed by atoms with van der Waals surface area (Å²) in [6.07, 6.45) is 2.16. The summed E-state index contributed by atoms with van der Waals surface area (Å²) in [6.45, 7) is 0.947. The first kappa shape index (κ1) is 17.9. The lowest BCUT2D eigenvalue weighted by molar-refractivity contribution is -0.136. The number of amides is 2. The van der Waals surface area contributed by atoms with Crippen molar-refractivity contribution < 1.29 is 9.59 Å². The van der Waals surface area contributed by atoms with Crippen LogP contribution in [0.3, 0.4) is 0 Å².